The number of nitrogens with zero attached hydrogens (tertiary/aromatic N) is 5. The maximum atomic E-state index is 9.05. The molecule has 36 heavy (non-hydrogen) atoms. The summed E-state index contributed by atoms with van der Waals surface area (Å²) >= 11 is 0. The van der Waals surface area contributed by atoms with Gasteiger partial charge in [0.1, 0.15) is 23.4 Å². The van der Waals surface area contributed by atoms with Gasteiger partial charge in [0.25, 0.3) is 0 Å². The van der Waals surface area contributed by atoms with Crippen LogP contribution >= 0.6 is 0 Å². The van der Waals surface area contributed by atoms with Crippen LogP contribution < -0.4 is 21.5 Å². The summed E-state index contributed by atoms with van der Waals surface area (Å²) < 4.78 is 0. The molecule has 0 spiro atoms. The van der Waals surface area contributed by atoms with E-state index in [9.17, 15) is 0 Å². The number of rotatable bonds is 6. The Labute approximate surface area is 211 Å². The number of piperidine rings is 2. The van der Waals surface area contributed by atoms with Gasteiger partial charge in [-0.1, -0.05) is 12.5 Å². The van der Waals surface area contributed by atoms with Crippen molar-refractivity contribution in [1.82, 2.24) is 30.7 Å². The van der Waals surface area contributed by atoms with Crippen LogP contribution in [0.1, 0.15) is 56.7 Å². The van der Waals surface area contributed by atoms with Crippen molar-refractivity contribution in [3.63, 3.8) is 0 Å². The quantitative estimate of drug-likeness (QED) is 0.418. The summed E-state index contributed by atoms with van der Waals surface area (Å²) in [7, 11) is 0. The second-order valence-corrected chi connectivity index (χ2v) is 10.4. The Morgan fingerprint density at radius 3 is 2.67 bits per heavy atom. The number of fused-ring (bicyclic) bond motifs is 3. The molecule has 9 nitrogen and oxygen atoms in total. The summed E-state index contributed by atoms with van der Waals surface area (Å²) in [5.74, 6) is 1.75. The smallest absolute Gasteiger partial charge is 0.140 e. The number of nitrogens with one attached hydrogen (secondary N) is 4. The van der Waals surface area contributed by atoms with Crippen molar-refractivity contribution in [2.75, 3.05) is 10.6 Å². The van der Waals surface area contributed by atoms with Crippen LogP contribution in [0.15, 0.2) is 42.7 Å². The minimum absolute atomic E-state index is 0.140. The summed E-state index contributed by atoms with van der Waals surface area (Å²) in [4.78, 5) is 16.6. The first-order valence-corrected chi connectivity index (χ1v) is 13.1. The van der Waals surface area contributed by atoms with Gasteiger partial charge in [-0.25, -0.2) is 15.4 Å². The fraction of sp³-hybridized carbons (Fsp3) is 0.481. The topological polar surface area (TPSA) is 114 Å². The van der Waals surface area contributed by atoms with Gasteiger partial charge in [-0.05, 0) is 62.8 Å². The van der Waals surface area contributed by atoms with E-state index < -0.39 is 0 Å². The van der Waals surface area contributed by atoms with Crippen molar-refractivity contribution in [1.29, 1.82) is 5.26 Å². The molecule has 4 N–H and O–H groups in total. The number of hydrogen-bond donors (Lipinski definition) is 4. The van der Waals surface area contributed by atoms with Gasteiger partial charge in [-0.15, -0.1) is 0 Å². The first kappa shape index (κ1) is 23.1. The molecule has 3 aliphatic rings. The molecular weight excluding hydrogens is 450 g/mol. The van der Waals surface area contributed by atoms with Gasteiger partial charge < -0.3 is 10.6 Å². The number of hydrazine groups is 1. The van der Waals surface area contributed by atoms with Crippen molar-refractivity contribution in [2.45, 2.75) is 82.3 Å². The Morgan fingerprint density at radius 1 is 1.08 bits per heavy atom. The fourth-order valence-corrected chi connectivity index (χ4v) is 6.09. The van der Waals surface area contributed by atoms with E-state index in [2.05, 4.69) is 55.4 Å². The zero-order valence-corrected chi connectivity index (χ0v) is 20.6. The lowest BCUT2D eigenvalue weighted by atomic mass is 9.81. The maximum Gasteiger partial charge on any atom is 0.140 e. The summed E-state index contributed by atoms with van der Waals surface area (Å²) in [6.45, 7) is 3.06. The standard InChI is InChI=1S/C27H33N9/c1-17-10-26(35-34-17)32-25-13-24-23(6-3-9-29-24)27(33-25)31-20-11-21-4-2-5-22(12-20)36(21)16-18-7-8-19(14-28)30-15-18/h3,6-9,13,15,17,20-22,26,34-35H,2,4-5,10-12,16H2,1H3,(H2,31,32,33)/t17?,20?,21-,22+,26?. The van der Waals surface area contributed by atoms with E-state index in [1.807, 2.05) is 36.7 Å². The minimum atomic E-state index is 0.140. The molecule has 0 saturated carbocycles. The Morgan fingerprint density at radius 2 is 1.94 bits per heavy atom. The summed E-state index contributed by atoms with van der Waals surface area (Å²) in [5, 5.41) is 17.5. The largest absolute Gasteiger partial charge is 0.367 e. The van der Waals surface area contributed by atoms with Crippen LogP contribution in [0.25, 0.3) is 10.9 Å². The zero-order valence-electron chi connectivity index (χ0n) is 20.6. The third-order valence-corrected chi connectivity index (χ3v) is 7.79. The molecule has 3 fully saturated rings. The number of pyridine rings is 3. The molecule has 3 aromatic rings. The predicted octanol–water partition coefficient (Wildman–Crippen LogP) is 3.52. The van der Waals surface area contributed by atoms with Crippen LogP contribution in [0.2, 0.25) is 0 Å². The van der Waals surface area contributed by atoms with E-state index in [1.165, 1.54) is 24.8 Å². The third-order valence-electron chi connectivity index (χ3n) is 7.79. The molecule has 2 bridgehead atoms. The number of anilines is 2. The second-order valence-electron chi connectivity index (χ2n) is 10.4. The number of nitriles is 1. The van der Waals surface area contributed by atoms with Gasteiger partial charge >= 0.3 is 0 Å². The van der Waals surface area contributed by atoms with Gasteiger partial charge in [-0.3, -0.25) is 15.3 Å². The fourth-order valence-electron chi connectivity index (χ4n) is 6.09. The first-order valence-electron chi connectivity index (χ1n) is 13.1. The van der Waals surface area contributed by atoms with E-state index >= 15 is 0 Å². The predicted molar refractivity (Wildman–Crippen MR) is 140 cm³/mol. The Kier molecular flexibility index (Phi) is 6.40. The molecule has 3 aliphatic heterocycles. The van der Waals surface area contributed by atoms with Gasteiger partial charge in [0.2, 0.25) is 0 Å². The summed E-state index contributed by atoms with van der Waals surface area (Å²) in [5.41, 5.74) is 9.16. The number of aromatic nitrogens is 3. The van der Waals surface area contributed by atoms with Gasteiger partial charge in [0, 0.05) is 54.6 Å². The molecule has 0 aliphatic carbocycles. The lowest BCUT2D eigenvalue weighted by Crippen LogP contribution is -2.54. The highest BCUT2D eigenvalue weighted by molar-refractivity contribution is 5.91. The van der Waals surface area contributed by atoms with Crippen molar-refractivity contribution in [2.24, 2.45) is 0 Å². The van der Waals surface area contributed by atoms with Crippen molar-refractivity contribution >= 4 is 22.5 Å². The average molecular weight is 484 g/mol. The molecule has 3 aromatic heterocycles. The van der Waals surface area contributed by atoms with Crippen molar-refractivity contribution < 1.29 is 0 Å². The van der Waals surface area contributed by atoms with Gasteiger partial charge in [-0.2, -0.15) is 5.26 Å². The minimum Gasteiger partial charge on any atom is -0.367 e. The maximum absolute atomic E-state index is 9.05. The summed E-state index contributed by atoms with van der Waals surface area (Å²) in [6, 6.07) is 14.0. The summed E-state index contributed by atoms with van der Waals surface area (Å²) in [6.07, 6.45) is 10.7. The van der Waals surface area contributed by atoms with Crippen molar-refractivity contribution in [3.05, 3.63) is 54.0 Å². The normalized spacial score (nSPS) is 28.1. The highest BCUT2D eigenvalue weighted by atomic mass is 15.5. The average Bonchev–Trinajstić information content (AvgIpc) is 3.29. The molecular formula is C27H33N9. The molecule has 0 aromatic carbocycles. The molecule has 6 rings (SSSR count). The lowest BCUT2D eigenvalue weighted by molar-refractivity contribution is 0.0276. The third kappa shape index (κ3) is 4.85. The van der Waals surface area contributed by atoms with Crippen LogP contribution in [0.4, 0.5) is 11.6 Å². The SMILES string of the molecule is CC1CC(Nc2cc3ncccc3c(NC3C[C@H]4CCC[C@@H](C3)N4Cc3ccc(C#N)nc3)n2)NN1. The molecule has 6 heterocycles. The van der Waals surface area contributed by atoms with Crippen LogP contribution in [0.3, 0.4) is 0 Å². The van der Waals surface area contributed by atoms with Gasteiger partial charge in [0.15, 0.2) is 0 Å². The monoisotopic (exact) mass is 483 g/mol. The molecule has 9 heteroatoms. The molecule has 186 valence electrons. The Hall–Kier alpha value is -3.32. The van der Waals surface area contributed by atoms with Crippen LogP contribution in [0, 0.1) is 11.3 Å². The number of hydrogen-bond acceptors (Lipinski definition) is 9. The van der Waals surface area contributed by atoms with E-state index in [1.54, 1.807) is 0 Å². The molecule has 0 amide bonds. The molecule has 0 radical (unpaired) electrons. The molecule has 3 saturated heterocycles. The first-order chi connectivity index (χ1) is 17.6. The Balaban J connectivity index is 1.19. The van der Waals surface area contributed by atoms with E-state index in [4.69, 9.17) is 10.2 Å². The van der Waals surface area contributed by atoms with Crippen LogP contribution in [-0.2, 0) is 6.54 Å². The van der Waals surface area contributed by atoms with E-state index in [-0.39, 0.29) is 6.17 Å². The van der Waals surface area contributed by atoms with E-state index in [0.29, 0.717) is 29.9 Å². The second kappa shape index (κ2) is 9.97. The molecule has 5 atom stereocenters. The molecule has 3 unspecified atom stereocenters. The van der Waals surface area contributed by atoms with E-state index in [0.717, 1.165) is 48.3 Å². The van der Waals surface area contributed by atoms with Crippen molar-refractivity contribution in [3.8, 4) is 6.07 Å². The highest BCUT2D eigenvalue weighted by Gasteiger charge is 2.38. The highest BCUT2D eigenvalue weighted by Crippen LogP contribution is 2.37. The van der Waals surface area contributed by atoms with Gasteiger partial charge in [0.05, 0.1) is 11.7 Å². The van der Waals surface area contributed by atoms with Crippen LogP contribution in [0.5, 0.6) is 0 Å². The Bertz CT molecular complexity index is 1240. The van der Waals surface area contributed by atoms with Crippen LogP contribution in [-0.4, -0.2) is 50.2 Å². The zero-order chi connectivity index (χ0) is 24.5. The lowest BCUT2D eigenvalue weighted by Gasteiger charge is -2.49.